The summed E-state index contributed by atoms with van der Waals surface area (Å²) >= 11 is 0. The molecule has 1 N–H and O–H groups in total. The van der Waals surface area contributed by atoms with Gasteiger partial charge in [0.1, 0.15) is 12.1 Å². The highest BCUT2D eigenvalue weighted by Gasteiger charge is 2.09. The third kappa shape index (κ3) is 2.66. The Morgan fingerprint density at radius 3 is 2.69 bits per heavy atom. The van der Waals surface area contributed by atoms with E-state index in [1.807, 2.05) is 6.92 Å². The molecule has 1 heterocycles. The summed E-state index contributed by atoms with van der Waals surface area (Å²) in [6.45, 7) is 2.60. The zero-order chi connectivity index (χ0) is 9.90. The molecule has 0 aromatic carbocycles. The van der Waals surface area contributed by atoms with E-state index in [0.29, 0.717) is 12.4 Å². The molecule has 0 atom stereocenters. The number of hydrogen-bond donors (Lipinski definition) is 1. The molecule has 0 saturated carbocycles. The highest BCUT2D eigenvalue weighted by Crippen LogP contribution is 2.08. The SMILES string of the molecule is CCNc1cc(S(C)(=O)=O)ncn1. The zero-order valence-electron chi connectivity index (χ0n) is 7.48. The van der Waals surface area contributed by atoms with Crippen LogP contribution < -0.4 is 5.32 Å². The van der Waals surface area contributed by atoms with Gasteiger partial charge < -0.3 is 5.32 Å². The predicted octanol–water partition coefficient (Wildman–Crippen LogP) is 0.312. The maximum Gasteiger partial charge on any atom is 0.192 e. The molecule has 0 fully saturated rings. The summed E-state index contributed by atoms with van der Waals surface area (Å²) in [6.07, 6.45) is 2.35. The second-order valence-electron chi connectivity index (χ2n) is 2.54. The Balaban J connectivity index is 3.06. The summed E-state index contributed by atoms with van der Waals surface area (Å²) in [5.41, 5.74) is 0. The van der Waals surface area contributed by atoms with Crippen LogP contribution in [0, 0.1) is 0 Å². The van der Waals surface area contributed by atoms with Crippen LogP contribution >= 0.6 is 0 Å². The number of nitrogens with zero attached hydrogens (tertiary/aromatic N) is 2. The van der Waals surface area contributed by atoms with Gasteiger partial charge in [0.2, 0.25) is 0 Å². The van der Waals surface area contributed by atoms with E-state index < -0.39 is 9.84 Å². The second kappa shape index (κ2) is 3.69. The number of aromatic nitrogens is 2. The highest BCUT2D eigenvalue weighted by molar-refractivity contribution is 7.90. The fourth-order valence-electron chi connectivity index (χ4n) is 0.820. The molecular weight excluding hydrogens is 190 g/mol. The zero-order valence-corrected chi connectivity index (χ0v) is 8.30. The van der Waals surface area contributed by atoms with Crippen LogP contribution in [-0.2, 0) is 9.84 Å². The van der Waals surface area contributed by atoms with Gasteiger partial charge in [-0.15, -0.1) is 0 Å². The Morgan fingerprint density at radius 1 is 1.46 bits per heavy atom. The summed E-state index contributed by atoms with van der Waals surface area (Å²) in [5, 5.41) is 2.94. The number of rotatable bonds is 3. The van der Waals surface area contributed by atoms with Crippen molar-refractivity contribution >= 4 is 15.7 Å². The van der Waals surface area contributed by atoms with Crippen LogP contribution in [0.2, 0.25) is 0 Å². The summed E-state index contributed by atoms with van der Waals surface area (Å²) in [6, 6.07) is 1.42. The van der Waals surface area contributed by atoms with E-state index in [-0.39, 0.29) is 5.03 Å². The Morgan fingerprint density at radius 2 is 2.15 bits per heavy atom. The van der Waals surface area contributed by atoms with Gasteiger partial charge in [0, 0.05) is 18.9 Å². The van der Waals surface area contributed by atoms with E-state index in [9.17, 15) is 8.42 Å². The Bertz CT molecular complexity index is 388. The van der Waals surface area contributed by atoms with E-state index in [0.717, 1.165) is 6.26 Å². The van der Waals surface area contributed by atoms with Crippen molar-refractivity contribution in [2.45, 2.75) is 11.9 Å². The van der Waals surface area contributed by atoms with Gasteiger partial charge in [-0.05, 0) is 6.92 Å². The van der Waals surface area contributed by atoms with E-state index in [1.54, 1.807) is 0 Å². The second-order valence-corrected chi connectivity index (χ2v) is 4.51. The van der Waals surface area contributed by atoms with Crippen molar-refractivity contribution in [3.63, 3.8) is 0 Å². The first-order chi connectivity index (χ1) is 6.04. The van der Waals surface area contributed by atoms with Gasteiger partial charge in [0.15, 0.2) is 14.9 Å². The molecule has 0 bridgehead atoms. The van der Waals surface area contributed by atoms with E-state index >= 15 is 0 Å². The monoisotopic (exact) mass is 201 g/mol. The number of hydrogen-bond acceptors (Lipinski definition) is 5. The lowest BCUT2D eigenvalue weighted by Gasteiger charge is -2.02. The quantitative estimate of drug-likeness (QED) is 0.713. The molecule has 0 amide bonds. The Kier molecular flexibility index (Phi) is 2.82. The molecular formula is C7H11N3O2S. The summed E-state index contributed by atoms with van der Waals surface area (Å²) in [7, 11) is -3.23. The van der Waals surface area contributed by atoms with Crippen molar-refractivity contribution in [2.75, 3.05) is 18.1 Å². The minimum atomic E-state index is -3.23. The van der Waals surface area contributed by atoms with Gasteiger partial charge in [-0.2, -0.15) is 0 Å². The number of sulfone groups is 1. The van der Waals surface area contributed by atoms with Gasteiger partial charge in [-0.1, -0.05) is 0 Å². The minimum absolute atomic E-state index is 0.0402. The Labute approximate surface area is 77.1 Å². The molecule has 13 heavy (non-hydrogen) atoms. The van der Waals surface area contributed by atoms with E-state index in [2.05, 4.69) is 15.3 Å². The topological polar surface area (TPSA) is 72.0 Å². The number of anilines is 1. The lowest BCUT2D eigenvalue weighted by Crippen LogP contribution is -2.04. The van der Waals surface area contributed by atoms with Gasteiger partial charge in [0.25, 0.3) is 0 Å². The molecule has 72 valence electrons. The van der Waals surface area contributed by atoms with E-state index in [1.165, 1.54) is 12.4 Å². The van der Waals surface area contributed by atoms with Crippen LogP contribution in [0.4, 0.5) is 5.82 Å². The molecule has 0 saturated heterocycles. The van der Waals surface area contributed by atoms with Gasteiger partial charge in [-0.3, -0.25) is 0 Å². The lowest BCUT2D eigenvalue weighted by molar-refractivity contribution is 0.598. The smallest absolute Gasteiger partial charge is 0.192 e. The molecule has 0 spiro atoms. The first kappa shape index (κ1) is 9.91. The molecule has 5 nitrogen and oxygen atoms in total. The molecule has 6 heteroatoms. The number of nitrogens with one attached hydrogen (secondary N) is 1. The van der Waals surface area contributed by atoms with Crippen LogP contribution in [-0.4, -0.2) is 31.2 Å². The third-order valence-corrected chi connectivity index (χ3v) is 2.36. The van der Waals surface area contributed by atoms with Gasteiger partial charge in [0.05, 0.1) is 0 Å². The first-order valence-electron chi connectivity index (χ1n) is 3.80. The van der Waals surface area contributed by atoms with Gasteiger partial charge >= 0.3 is 0 Å². The largest absolute Gasteiger partial charge is 0.370 e. The normalized spacial score (nSPS) is 11.2. The fourth-order valence-corrected chi connectivity index (χ4v) is 1.38. The van der Waals surface area contributed by atoms with Crippen LogP contribution in [0.5, 0.6) is 0 Å². The van der Waals surface area contributed by atoms with Crippen molar-refractivity contribution in [2.24, 2.45) is 0 Å². The fraction of sp³-hybridized carbons (Fsp3) is 0.429. The molecule has 0 radical (unpaired) electrons. The minimum Gasteiger partial charge on any atom is -0.370 e. The van der Waals surface area contributed by atoms with Gasteiger partial charge in [-0.25, -0.2) is 18.4 Å². The third-order valence-electron chi connectivity index (χ3n) is 1.38. The first-order valence-corrected chi connectivity index (χ1v) is 5.69. The molecule has 0 aliphatic heterocycles. The molecule has 0 unspecified atom stereocenters. The maximum absolute atomic E-state index is 11.1. The summed E-state index contributed by atoms with van der Waals surface area (Å²) < 4.78 is 22.1. The van der Waals surface area contributed by atoms with Crippen LogP contribution in [0.1, 0.15) is 6.92 Å². The standard InChI is InChI=1S/C7H11N3O2S/c1-3-8-6-4-7(10-5-9-6)13(2,11)12/h4-5H,3H2,1-2H3,(H,8,9,10). The maximum atomic E-state index is 11.1. The molecule has 1 aromatic heterocycles. The average molecular weight is 201 g/mol. The van der Waals surface area contributed by atoms with Crippen LogP contribution in [0.25, 0.3) is 0 Å². The van der Waals surface area contributed by atoms with E-state index in [4.69, 9.17) is 0 Å². The van der Waals surface area contributed by atoms with Crippen molar-refractivity contribution < 1.29 is 8.42 Å². The van der Waals surface area contributed by atoms with Crippen molar-refractivity contribution in [1.29, 1.82) is 0 Å². The van der Waals surface area contributed by atoms with Crippen molar-refractivity contribution in [3.8, 4) is 0 Å². The molecule has 1 aromatic rings. The lowest BCUT2D eigenvalue weighted by atomic mass is 10.5. The summed E-state index contributed by atoms with van der Waals surface area (Å²) in [4.78, 5) is 7.51. The Hall–Kier alpha value is -1.17. The molecule has 0 aliphatic rings. The van der Waals surface area contributed by atoms with Crippen LogP contribution in [0.15, 0.2) is 17.4 Å². The highest BCUT2D eigenvalue weighted by atomic mass is 32.2. The van der Waals surface area contributed by atoms with Crippen molar-refractivity contribution in [3.05, 3.63) is 12.4 Å². The molecule has 1 rings (SSSR count). The summed E-state index contributed by atoms with van der Waals surface area (Å²) in [5.74, 6) is 0.526. The molecule has 0 aliphatic carbocycles. The van der Waals surface area contributed by atoms with Crippen molar-refractivity contribution in [1.82, 2.24) is 9.97 Å². The average Bonchev–Trinajstić information content (AvgIpc) is 2.04. The van der Waals surface area contributed by atoms with Crippen LogP contribution in [0.3, 0.4) is 0 Å². The predicted molar refractivity (Wildman–Crippen MR) is 49.3 cm³/mol.